The SMILES string of the molecule is CC(C)Cc1ccc(O)c(C(N)=O)c1. The first-order chi connectivity index (χ1) is 6.50. The van der Waals surface area contributed by atoms with Crippen molar-refractivity contribution in [2.75, 3.05) is 0 Å². The fourth-order valence-electron chi connectivity index (χ4n) is 1.38. The van der Waals surface area contributed by atoms with Crippen LogP contribution in [0.2, 0.25) is 0 Å². The van der Waals surface area contributed by atoms with Gasteiger partial charge in [-0.25, -0.2) is 0 Å². The zero-order valence-electron chi connectivity index (χ0n) is 8.45. The van der Waals surface area contributed by atoms with Crippen molar-refractivity contribution in [1.29, 1.82) is 0 Å². The van der Waals surface area contributed by atoms with Gasteiger partial charge in [0, 0.05) is 0 Å². The molecule has 0 fully saturated rings. The second-order valence-electron chi connectivity index (χ2n) is 3.81. The van der Waals surface area contributed by atoms with E-state index in [9.17, 15) is 9.90 Å². The van der Waals surface area contributed by atoms with E-state index in [0.29, 0.717) is 5.92 Å². The third-order valence-corrected chi connectivity index (χ3v) is 1.97. The summed E-state index contributed by atoms with van der Waals surface area (Å²) < 4.78 is 0. The zero-order chi connectivity index (χ0) is 10.7. The Hall–Kier alpha value is -1.51. The van der Waals surface area contributed by atoms with E-state index in [2.05, 4.69) is 13.8 Å². The maximum absolute atomic E-state index is 10.9. The van der Waals surface area contributed by atoms with E-state index in [0.717, 1.165) is 12.0 Å². The summed E-state index contributed by atoms with van der Waals surface area (Å²) in [4.78, 5) is 10.9. The summed E-state index contributed by atoms with van der Waals surface area (Å²) in [5.74, 6) is -0.126. The van der Waals surface area contributed by atoms with Crippen LogP contribution in [0.15, 0.2) is 18.2 Å². The summed E-state index contributed by atoms with van der Waals surface area (Å²) >= 11 is 0. The van der Waals surface area contributed by atoms with Crippen LogP contribution in [0.1, 0.15) is 29.8 Å². The van der Waals surface area contributed by atoms with Crippen LogP contribution in [-0.2, 0) is 6.42 Å². The van der Waals surface area contributed by atoms with Crippen molar-refractivity contribution in [3.8, 4) is 5.75 Å². The fraction of sp³-hybridized carbons (Fsp3) is 0.364. The Balaban J connectivity index is 3.00. The molecule has 3 nitrogen and oxygen atoms in total. The lowest BCUT2D eigenvalue weighted by Gasteiger charge is -2.07. The Morgan fingerprint density at radius 1 is 1.50 bits per heavy atom. The molecule has 0 aromatic heterocycles. The number of amides is 1. The van der Waals surface area contributed by atoms with E-state index in [4.69, 9.17) is 5.73 Å². The predicted molar refractivity (Wildman–Crippen MR) is 55.2 cm³/mol. The number of aromatic hydroxyl groups is 1. The fourth-order valence-corrected chi connectivity index (χ4v) is 1.38. The monoisotopic (exact) mass is 193 g/mol. The Labute approximate surface area is 83.6 Å². The van der Waals surface area contributed by atoms with Gasteiger partial charge in [-0.3, -0.25) is 4.79 Å². The lowest BCUT2D eigenvalue weighted by atomic mass is 10.0. The van der Waals surface area contributed by atoms with Crippen LogP contribution in [0.5, 0.6) is 5.75 Å². The molecular formula is C11H15NO2. The minimum atomic E-state index is -0.590. The molecule has 1 aromatic carbocycles. The molecule has 0 unspecified atom stereocenters. The molecule has 3 heteroatoms. The molecule has 76 valence electrons. The average molecular weight is 193 g/mol. The Morgan fingerprint density at radius 2 is 2.14 bits per heavy atom. The van der Waals surface area contributed by atoms with Gasteiger partial charge in [0.1, 0.15) is 5.75 Å². The van der Waals surface area contributed by atoms with Gasteiger partial charge in [0.05, 0.1) is 5.56 Å². The van der Waals surface area contributed by atoms with Crippen LogP contribution < -0.4 is 5.73 Å². The highest BCUT2D eigenvalue weighted by molar-refractivity contribution is 5.95. The van der Waals surface area contributed by atoms with Crippen molar-refractivity contribution in [2.24, 2.45) is 11.7 Å². The van der Waals surface area contributed by atoms with E-state index >= 15 is 0 Å². The van der Waals surface area contributed by atoms with E-state index in [1.54, 1.807) is 6.07 Å². The summed E-state index contributed by atoms with van der Waals surface area (Å²) in [6, 6.07) is 4.97. The molecule has 3 N–H and O–H groups in total. The molecule has 14 heavy (non-hydrogen) atoms. The van der Waals surface area contributed by atoms with Crippen molar-refractivity contribution in [2.45, 2.75) is 20.3 Å². The molecule has 0 aliphatic carbocycles. The van der Waals surface area contributed by atoms with Gasteiger partial charge in [0.25, 0.3) is 5.91 Å². The van der Waals surface area contributed by atoms with Gasteiger partial charge in [-0.15, -0.1) is 0 Å². The van der Waals surface area contributed by atoms with Gasteiger partial charge < -0.3 is 10.8 Å². The van der Waals surface area contributed by atoms with Crippen molar-refractivity contribution in [1.82, 2.24) is 0 Å². The molecule has 0 heterocycles. The predicted octanol–water partition coefficient (Wildman–Crippen LogP) is 1.69. The summed E-state index contributed by atoms with van der Waals surface area (Å²) in [6.07, 6.45) is 0.876. The van der Waals surface area contributed by atoms with Gasteiger partial charge in [-0.05, 0) is 30.0 Å². The molecule has 1 rings (SSSR count). The molecule has 1 aromatic rings. The number of rotatable bonds is 3. The summed E-state index contributed by atoms with van der Waals surface area (Å²) in [5, 5.41) is 9.34. The average Bonchev–Trinajstić information content (AvgIpc) is 2.07. The summed E-state index contributed by atoms with van der Waals surface area (Å²) in [5.41, 5.74) is 6.33. The highest BCUT2D eigenvalue weighted by Crippen LogP contribution is 2.19. The quantitative estimate of drug-likeness (QED) is 0.767. The van der Waals surface area contributed by atoms with Gasteiger partial charge in [-0.2, -0.15) is 0 Å². The first-order valence-electron chi connectivity index (χ1n) is 4.62. The van der Waals surface area contributed by atoms with Crippen molar-refractivity contribution in [3.63, 3.8) is 0 Å². The number of carbonyl (C=O) groups excluding carboxylic acids is 1. The van der Waals surface area contributed by atoms with Crippen LogP contribution in [0, 0.1) is 5.92 Å². The second-order valence-corrected chi connectivity index (χ2v) is 3.81. The highest BCUT2D eigenvalue weighted by atomic mass is 16.3. The summed E-state index contributed by atoms with van der Waals surface area (Å²) in [7, 11) is 0. The van der Waals surface area contributed by atoms with Gasteiger partial charge in [0.15, 0.2) is 0 Å². The molecule has 0 saturated heterocycles. The number of hydrogen-bond acceptors (Lipinski definition) is 2. The van der Waals surface area contributed by atoms with Crippen molar-refractivity contribution < 1.29 is 9.90 Å². The van der Waals surface area contributed by atoms with Crippen LogP contribution in [-0.4, -0.2) is 11.0 Å². The summed E-state index contributed by atoms with van der Waals surface area (Å²) in [6.45, 7) is 4.19. The topological polar surface area (TPSA) is 63.3 Å². The number of primary amides is 1. The number of nitrogens with two attached hydrogens (primary N) is 1. The first kappa shape index (κ1) is 10.6. The number of phenols is 1. The number of hydrogen-bond donors (Lipinski definition) is 2. The normalized spacial score (nSPS) is 10.5. The molecule has 0 aliphatic heterocycles. The minimum Gasteiger partial charge on any atom is -0.507 e. The number of carbonyl (C=O) groups is 1. The molecule has 0 atom stereocenters. The highest BCUT2D eigenvalue weighted by Gasteiger charge is 2.08. The van der Waals surface area contributed by atoms with E-state index in [1.165, 1.54) is 6.07 Å². The molecule has 0 aliphatic rings. The molecular weight excluding hydrogens is 178 g/mol. The Bertz CT molecular complexity index is 345. The third kappa shape index (κ3) is 2.49. The lowest BCUT2D eigenvalue weighted by Crippen LogP contribution is -2.11. The van der Waals surface area contributed by atoms with Gasteiger partial charge >= 0.3 is 0 Å². The van der Waals surface area contributed by atoms with Crippen LogP contribution >= 0.6 is 0 Å². The van der Waals surface area contributed by atoms with Crippen molar-refractivity contribution in [3.05, 3.63) is 29.3 Å². The van der Waals surface area contributed by atoms with E-state index < -0.39 is 5.91 Å². The van der Waals surface area contributed by atoms with E-state index in [-0.39, 0.29) is 11.3 Å². The van der Waals surface area contributed by atoms with Crippen molar-refractivity contribution >= 4 is 5.91 Å². The van der Waals surface area contributed by atoms with Crippen LogP contribution in [0.4, 0.5) is 0 Å². The van der Waals surface area contributed by atoms with E-state index in [1.807, 2.05) is 6.07 Å². The standard InChI is InChI=1S/C11H15NO2/c1-7(2)5-8-3-4-10(13)9(6-8)11(12)14/h3-4,6-7,13H,5H2,1-2H3,(H2,12,14). The van der Waals surface area contributed by atoms with Crippen LogP contribution in [0.3, 0.4) is 0 Å². The second kappa shape index (κ2) is 4.13. The lowest BCUT2D eigenvalue weighted by molar-refractivity contribution is 0.0997. The first-order valence-corrected chi connectivity index (χ1v) is 4.62. The molecule has 0 saturated carbocycles. The van der Waals surface area contributed by atoms with Gasteiger partial charge in [-0.1, -0.05) is 19.9 Å². The maximum atomic E-state index is 10.9. The minimum absolute atomic E-state index is 0.0509. The zero-order valence-corrected chi connectivity index (χ0v) is 8.45. The van der Waals surface area contributed by atoms with Gasteiger partial charge in [0.2, 0.25) is 0 Å². The maximum Gasteiger partial charge on any atom is 0.252 e. The Kier molecular flexibility index (Phi) is 3.12. The Morgan fingerprint density at radius 3 is 2.64 bits per heavy atom. The largest absolute Gasteiger partial charge is 0.507 e. The molecule has 0 spiro atoms. The number of benzene rings is 1. The molecule has 0 radical (unpaired) electrons. The van der Waals surface area contributed by atoms with Crippen LogP contribution in [0.25, 0.3) is 0 Å². The molecule has 1 amide bonds. The smallest absolute Gasteiger partial charge is 0.252 e. The molecule has 0 bridgehead atoms. The third-order valence-electron chi connectivity index (χ3n) is 1.97.